The molecule has 0 spiro atoms. The van der Waals surface area contributed by atoms with Crippen molar-refractivity contribution in [1.29, 1.82) is 0 Å². The summed E-state index contributed by atoms with van der Waals surface area (Å²) in [7, 11) is 0. The molecule has 4 aromatic carbocycles. The summed E-state index contributed by atoms with van der Waals surface area (Å²) in [5, 5.41) is 2.48. The van der Waals surface area contributed by atoms with Crippen LogP contribution in [0.3, 0.4) is 0 Å². The fourth-order valence-corrected chi connectivity index (χ4v) is 4.80. The van der Waals surface area contributed by atoms with Crippen molar-refractivity contribution in [1.82, 2.24) is 4.98 Å². The van der Waals surface area contributed by atoms with Crippen molar-refractivity contribution in [3.63, 3.8) is 0 Å². The molecule has 2 nitrogen and oxygen atoms in total. The number of rotatable bonds is 1. The van der Waals surface area contributed by atoms with Crippen LogP contribution in [0.5, 0.6) is 11.5 Å². The summed E-state index contributed by atoms with van der Waals surface area (Å²) in [5.41, 5.74) is 5.68. The number of aromatic nitrogens is 1. The van der Waals surface area contributed by atoms with Gasteiger partial charge in [0, 0.05) is 32.9 Å². The predicted octanol–water partition coefficient (Wildman–Crippen LogP) is 6.78. The van der Waals surface area contributed by atoms with Gasteiger partial charge in [0.15, 0.2) is 0 Å². The number of para-hydroxylation sites is 2. The number of benzene rings is 4. The molecular formula is C26H19NO. The average molecular weight is 361 g/mol. The molecule has 134 valence electrons. The van der Waals surface area contributed by atoms with E-state index in [1.807, 2.05) is 6.07 Å². The molecule has 0 fully saturated rings. The average Bonchev–Trinajstić information content (AvgIpc) is 3.13. The van der Waals surface area contributed by atoms with E-state index in [1.165, 1.54) is 27.5 Å². The Hall–Kier alpha value is -3.52. The smallest absolute Gasteiger partial charge is 0.132 e. The standard InChI is InChI=1S/C26H19NO/c1-26(17-9-3-2-4-10-17)19-12-6-8-14-22(19)28-23-16-15-21-24(25(23)26)18-11-5-7-13-20(18)27-21/h2-16,27H,1H3. The van der Waals surface area contributed by atoms with E-state index >= 15 is 0 Å². The number of H-pyrrole nitrogens is 1. The molecule has 0 saturated carbocycles. The van der Waals surface area contributed by atoms with Crippen molar-refractivity contribution in [2.75, 3.05) is 0 Å². The molecule has 1 N–H and O–H groups in total. The van der Waals surface area contributed by atoms with Gasteiger partial charge in [-0.05, 0) is 36.8 Å². The Bertz CT molecular complexity index is 1350. The second-order valence-corrected chi connectivity index (χ2v) is 7.62. The monoisotopic (exact) mass is 361 g/mol. The summed E-state index contributed by atoms with van der Waals surface area (Å²) in [6, 6.07) is 31.9. The lowest BCUT2D eigenvalue weighted by Gasteiger charge is -2.38. The van der Waals surface area contributed by atoms with E-state index in [4.69, 9.17) is 4.74 Å². The lowest BCUT2D eigenvalue weighted by molar-refractivity contribution is 0.429. The Morgan fingerprint density at radius 3 is 2.32 bits per heavy atom. The highest BCUT2D eigenvalue weighted by atomic mass is 16.5. The third kappa shape index (κ3) is 1.92. The lowest BCUT2D eigenvalue weighted by atomic mass is 9.68. The zero-order valence-electron chi connectivity index (χ0n) is 15.6. The highest BCUT2D eigenvalue weighted by Crippen LogP contribution is 2.54. The molecule has 1 aromatic heterocycles. The molecule has 0 amide bonds. The van der Waals surface area contributed by atoms with Crippen molar-refractivity contribution < 1.29 is 4.74 Å². The zero-order chi connectivity index (χ0) is 18.7. The molecule has 2 heteroatoms. The van der Waals surface area contributed by atoms with Crippen molar-refractivity contribution in [3.05, 3.63) is 108 Å². The molecule has 5 aromatic rings. The highest BCUT2D eigenvalue weighted by molar-refractivity contribution is 6.10. The van der Waals surface area contributed by atoms with Gasteiger partial charge < -0.3 is 9.72 Å². The van der Waals surface area contributed by atoms with Crippen molar-refractivity contribution in [3.8, 4) is 11.5 Å². The topological polar surface area (TPSA) is 25.0 Å². The molecule has 2 heterocycles. The Balaban J connectivity index is 1.82. The van der Waals surface area contributed by atoms with Crippen LogP contribution in [0.1, 0.15) is 23.6 Å². The van der Waals surface area contributed by atoms with Gasteiger partial charge in [-0.25, -0.2) is 0 Å². The van der Waals surface area contributed by atoms with E-state index in [-0.39, 0.29) is 5.41 Å². The number of aromatic amines is 1. The molecule has 1 aliphatic heterocycles. The van der Waals surface area contributed by atoms with Crippen LogP contribution in [0.4, 0.5) is 0 Å². The first-order valence-corrected chi connectivity index (χ1v) is 9.63. The number of ether oxygens (including phenoxy) is 1. The largest absolute Gasteiger partial charge is 0.457 e. The minimum Gasteiger partial charge on any atom is -0.457 e. The lowest BCUT2D eigenvalue weighted by Crippen LogP contribution is -2.29. The highest BCUT2D eigenvalue weighted by Gasteiger charge is 2.41. The van der Waals surface area contributed by atoms with E-state index in [0.29, 0.717) is 0 Å². The van der Waals surface area contributed by atoms with Crippen LogP contribution < -0.4 is 4.74 Å². The van der Waals surface area contributed by atoms with E-state index in [9.17, 15) is 0 Å². The van der Waals surface area contributed by atoms with E-state index in [2.05, 4.69) is 96.8 Å². The first-order valence-electron chi connectivity index (χ1n) is 9.63. The Labute approximate surface area is 163 Å². The minimum absolute atomic E-state index is 0.310. The maximum absolute atomic E-state index is 6.41. The maximum atomic E-state index is 6.41. The fraction of sp³-hybridized carbons (Fsp3) is 0.0769. The van der Waals surface area contributed by atoms with Gasteiger partial charge in [0.25, 0.3) is 0 Å². The number of nitrogens with one attached hydrogen (secondary N) is 1. The Kier molecular flexibility index (Phi) is 3.05. The van der Waals surface area contributed by atoms with Gasteiger partial charge >= 0.3 is 0 Å². The summed E-state index contributed by atoms with van der Waals surface area (Å²) in [6.45, 7) is 2.32. The van der Waals surface area contributed by atoms with Crippen LogP contribution in [-0.2, 0) is 5.41 Å². The van der Waals surface area contributed by atoms with Crippen molar-refractivity contribution in [2.24, 2.45) is 0 Å². The number of hydrogen-bond acceptors (Lipinski definition) is 1. The zero-order valence-corrected chi connectivity index (χ0v) is 15.6. The Morgan fingerprint density at radius 1 is 0.679 bits per heavy atom. The number of fused-ring (bicyclic) bond motifs is 6. The summed E-state index contributed by atoms with van der Waals surface area (Å²) in [6.07, 6.45) is 0. The normalized spacial score (nSPS) is 17.9. The van der Waals surface area contributed by atoms with Crippen LogP contribution in [0.2, 0.25) is 0 Å². The first-order chi connectivity index (χ1) is 13.8. The van der Waals surface area contributed by atoms with E-state index < -0.39 is 0 Å². The maximum Gasteiger partial charge on any atom is 0.132 e. The van der Waals surface area contributed by atoms with E-state index in [0.717, 1.165) is 22.5 Å². The molecule has 1 atom stereocenters. The fourth-order valence-electron chi connectivity index (χ4n) is 4.80. The van der Waals surface area contributed by atoms with Crippen LogP contribution in [0.25, 0.3) is 21.8 Å². The second kappa shape index (κ2) is 5.49. The van der Waals surface area contributed by atoms with Gasteiger partial charge in [0.05, 0.1) is 5.41 Å². The van der Waals surface area contributed by atoms with Gasteiger partial charge in [-0.1, -0.05) is 66.7 Å². The summed E-state index contributed by atoms with van der Waals surface area (Å²) in [5.74, 6) is 1.86. The summed E-state index contributed by atoms with van der Waals surface area (Å²) < 4.78 is 6.41. The molecule has 1 aliphatic rings. The molecule has 1 unspecified atom stereocenters. The summed E-state index contributed by atoms with van der Waals surface area (Å²) >= 11 is 0. The molecule has 0 aliphatic carbocycles. The van der Waals surface area contributed by atoms with E-state index in [1.54, 1.807) is 0 Å². The number of hydrogen-bond donors (Lipinski definition) is 1. The predicted molar refractivity (Wildman–Crippen MR) is 114 cm³/mol. The third-order valence-electron chi connectivity index (χ3n) is 6.13. The van der Waals surface area contributed by atoms with Gasteiger partial charge in [-0.15, -0.1) is 0 Å². The van der Waals surface area contributed by atoms with Gasteiger partial charge in [0.2, 0.25) is 0 Å². The van der Waals surface area contributed by atoms with Gasteiger partial charge in [-0.3, -0.25) is 0 Å². The van der Waals surface area contributed by atoms with Crippen LogP contribution >= 0.6 is 0 Å². The van der Waals surface area contributed by atoms with Gasteiger partial charge in [-0.2, -0.15) is 0 Å². The van der Waals surface area contributed by atoms with Crippen LogP contribution in [-0.4, -0.2) is 4.98 Å². The van der Waals surface area contributed by atoms with Gasteiger partial charge in [0.1, 0.15) is 11.5 Å². The second-order valence-electron chi connectivity index (χ2n) is 7.62. The third-order valence-corrected chi connectivity index (χ3v) is 6.13. The molecule has 28 heavy (non-hydrogen) atoms. The first kappa shape index (κ1) is 15.5. The van der Waals surface area contributed by atoms with Crippen LogP contribution in [0.15, 0.2) is 91.0 Å². The van der Waals surface area contributed by atoms with Crippen molar-refractivity contribution in [2.45, 2.75) is 12.3 Å². The minimum atomic E-state index is -0.310. The molecule has 0 bridgehead atoms. The van der Waals surface area contributed by atoms with Crippen LogP contribution in [0, 0.1) is 0 Å². The molecule has 0 saturated heterocycles. The quantitative estimate of drug-likeness (QED) is 0.350. The molecular weight excluding hydrogens is 342 g/mol. The Morgan fingerprint density at radius 2 is 1.43 bits per heavy atom. The molecule has 0 radical (unpaired) electrons. The molecule has 6 rings (SSSR count). The summed E-state index contributed by atoms with van der Waals surface area (Å²) in [4.78, 5) is 3.59. The SMILES string of the molecule is CC1(c2ccccc2)c2ccccc2Oc2ccc3[nH]c4ccccc4c3c21. The van der Waals surface area contributed by atoms with Crippen molar-refractivity contribution >= 4 is 21.8 Å².